The minimum Gasteiger partial charge on any atom is -0.481 e. The van der Waals surface area contributed by atoms with Gasteiger partial charge in [0, 0.05) is 0 Å². The van der Waals surface area contributed by atoms with Crippen LogP contribution in [-0.4, -0.2) is 11.1 Å². The van der Waals surface area contributed by atoms with Crippen LogP contribution in [0.3, 0.4) is 0 Å². The zero-order valence-corrected chi connectivity index (χ0v) is 10.6. The van der Waals surface area contributed by atoms with Crippen molar-refractivity contribution in [3.63, 3.8) is 0 Å². The highest BCUT2D eigenvalue weighted by molar-refractivity contribution is 5.68. The third kappa shape index (κ3) is 2.16. The molecule has 0 amide bonds. The van der Waals surface area contributed by atoms with Crippen LogP contribution in [-0.2, 0) is 11.2 Å². The second-order valence-corrected chi connectivity index (χ2v) is 6.24. The zero-order valence-electron chi connectivity index (χ0n) is 10.6. The Balaban J connectivity index is 1.80. The lowest BCUT2D eigenvalue weighted by molar-refractivity contribution is -0.139. The predicted octanol–water partition coefficient (Wildman–Crippen LogP) is 3.51. The molecule has 0 saturated heterocycles. The molecule has 0 aromatic heterocycles. The van der Waals surface area contributed by atoms with Gasteiger partial charge in [0.25, 0.3) is 0 Å². The molecular weight excluding hydrogens is 224 g/mol. The first kappa shape index (κ1) is 11.8. The Kier molecular flexibility index (Phi) is 2.89. The van der Waals surface area contributed by atoms with E-state index >= 15 is 0 Å². The number of fused-ring (bicyclic) bond motifs is 1. The molecule has 0 heterocycles. The third-order valence-corrected chi connectivity index (χ3v) is 4.91. The number of hydrogen-bond donors (Lipinski definition) is 1. The van der Waals surface area contributed by atoms with Gasteiger partial charge in [-0.2, -0.15) is 0 Å². The fraction of sp³-hybridized carbons (Fsp3) is 0.562. The van der Waals surface area contributed by atoms with Crippen LogP contribution in [0.5, 0.6) is 0 Å². The van der Waals surface area contributed by atoms with Crippen molar-refractivity contribution in [1.82, 2.24) is 0 Å². The molecule has 1 aromatic rings. The van der Waals surface area contributed by atoms with Crippen LogP contribution >= 0.6 is 0 Å². The van der Waals surface area contributed by atoms with Gasteiger partial charge >= 0.3 is 5.97 Å². The summed E-state index contributed by atoms with van der Waals surface area (Å²) in [5.74, 6) is 0.994. The van der Waals surface area contributed by atoms with Crippen molar-refractivity contribution in [3.8, 4) is 0 Å². The first-order valence-corrected chi connectivity index (χ1v) is 6.93. The molecule has 0 aliphatic heterocycles. The normalized spacial score (nSPS) is 33.8. The lowest BCUT2D eigenvalue weighted by Crippen LogP contribution is -2.24. The van der Waals surface area contributed by atoms with E-state index in [1.807, 2.05) is 18.2 Å². The quantitative estimate of drug-likeness (QED) is 0.880. The fourth-order valence-electron chi connectivity index (χ4n) is 4.07. The van der Waals surface area contributed by atoms with E-state index in [4.69, 9.17) is 0 Å². The smallest absolute Gasteiger partial charge is 0.303 e. The monoisotopic (exact) mass is 244 g/mol. The maximum absolute atomic E-state index is 11.2. The molecule has 18 heavy (non-hydrogen) atoms. The lowest BCUT2D eigenvalue weighted by Gasteiger charge is -2.29. The van der Waals surface area contributed by atoms with E-state index in [1.54, 1.807) is 0 Å². The van der Waals surface area contributed by atoms with Crippen molar-refractivity contribution in [3.05, 3.63) is 35.9 Å². The highest BCUT2D eigenvalue weighted by Crippen LogP contribution is 2.57. The van der Waals surface area contributed by atoms with E-state index in [9.17, 15) is 9.90 Å². The van der Waals surface area contributed by atoms with Crippen LogP contribution in [0.1, 0.15) is 37.7 Å². The summed E-state index contributed by atoms with van der Waals surface area (Å²) in [6, 6.07) is 10.4. The van der Waals surface area contributed by atoms with Crippen LogP contribution < -0.4 is 0 Å². The lowest BCUT2D eigenvalue weighted by atomic mass is 9.76. The highest BCUT2D eigenvalue weighted by Gasteiger charge is 2.49. The number of hydrogen-bond acceptors (Lipinski definition) is 1. The van der Waals surface area contributed by atoms with Crippen LogP contribution in [0.25, 0.3) is 0 Å². The Morgan fingerprint density at radius 2 is 1.78 bits per heavy atom. The molecule has 3 rings (SSSR count). The molecule has 2 fully saturated rings. The van der Waals surface area contributed by atoms with Crippen molar-refractivity contribution < 1.29 is 9.90 Å². The molecule has 0 radical (unpaired) electrons. The van der Waals surface area contributed by atoms with Crippen molar-refractivity contribution in [1.29, 1.82) is 0 Å². The van der Waals surface area contributed by atoms with E-state index in [2.05, 4.69) is 12.1 Å². The Morgan fingerprint density at radius 1 is 1.17 bits per heavy atom. The molecule has 2 heteroatoms. The molecular formula is C16H20O2. The largest absolute Gasteiger partial charge is 0.481 e. The van der Waals surface area contributed by atoms with Gasteiger partial charge in [-0.1, -0.05) is 30.3 Å². The topological polar surface area (TPSA) is 37.3 Å². The van der Waals surface area contributed by atoms with Gasteiger partial charge in [0.05, 0.1) is 6.42 Å². The maximum atomic E-state index is 11.2. The summed E-state index contributed by atoms with van der Waals surface area (Å²) in [6.45, 7) is 0. The molecule has 1 unspecified atom stereocenters. The second-order valence-electron chi connectivity index (χ2n) is 6.24. The van der Waals surface area contributed by atoms with Gasteiger partial charge in [0.15, 0.2) is 0 Å². The number of benzene rings is 1. The maximum Gasteiger partial charge on any atom is 0.303 e. The summed E-state index contributed by atoms with van der Waals surface area (Å²) < 4.78 is 0. The molecule has 2 nitrogen and oxygen atoms in total. The van der Waals surface area contributed by atoms with Gasteiger partial charge in [0.2, 0.25) is 0 Å². The number of carboxylic acids is 1. The summed E-state index contributed by atoms with van der Waals surface area (Å²) in [4.78, 5) is 11.2. The molecule has 2 aliphatic rings. The van der Waals surface area contributed by atoms with Gasteiger partial charge in [-0.3, -0.25) is 4.79 Å². The average molecular weight is 244 g/mol. The summed E-state index contributed by atoms with van der Waals surface area (Å²) in [6.07, 6.45) is 6.17. The van der Waals surface area contributed by atoms with E-state index in [0.717, 1.165) is 31.1 Å². The van der Waals surface area contributed by atoms with Gasteiger partial charge in [-0.05, 0) is 54.9 Å². The van der Waals surface area contributed by atoms with Crippen LogP contribution in [0.15, 0.2) is 30.3 Å². The fourth-order valence-corrected chi connectivity index (χ4v) is 4.07. The zero-order chi connectivity index (χ0) is 12.6. The SMILES string of the molecule is O=C(O)CC1(Cc2ccccc2)C[C@H]2CC[C@H]2C1. The van der Waals surface area contributed by atoms with Gasteiger partial charge < -0.3 is 5.11 Å². The summed E-state index contributed by atoms with van der Waals surface area (Å²) in [5, 5.41) is 9.21. The molecule has 2 saturated carbocycles. The minimum atomic E-state index is -0.632. The molecule has 0 spiro atoms. The number of rotatable bonds is 4. The molecule has 2 aliphatic carbocycles. The molecule has 1 aromatic carbocycles. The van der Waals surface area contributed by atoms with Crippen molar-refractivity contribution in [2.75, 3.05) is 0 Å². The van der Waals surface area contributed by atoms with Crippen LogP contribution in [0, 0.1) is 17.3 Å². The first-order valence-electron chi connectivity index (χ1n) is 6.93. The Labute approximate surface area is 108 Å². The molecule has 0 bridgehead atoms. The molecule has 3 atom stereocenters. The molecule has 96 valence electrons. The average Bonchev–Trinajstić information content (AvgIpc) is 2.54. The first-order chi connectivity index (χ1) is 8.67. The van der Waals surface area contributed by atoms with Gasteiger partial charge in [0.1, 0.15) is 0 Å². The van der Waals surface area contributed by atoms with E-state index in [0.29, 0.717) is 6.42 Å². The number of carbonyl (C=O) groups is 1. The molecule has 1 N–H and O–H groups in total. The minimum absolute atomic E-state index is 0.0268. The van der Waals surface area contributed by atoms with E-state index in [-0.39, 0.29) is 5.41 Å². The Hall–Kier alpha value is -1.31. The van der Waals surface area contributed by atoms with E-state index < -0.39 is 5.97 Å². The highest BCUT2D eigenvalue weighted by atomic mass is 16.4. The Morgan fingerprint density at radius 3 is 2.28 bits per heavy atom. The third-order valence-electron chi connectivity index (χ3n) is 4.91. The van der Waals surface area contributed by atoms with E-state index in [1.165, 1.54) is 18.4 Å². The number of aliphatic carboxylic acids is 1. The summed E-state index contributed by atoms with van der Waals surface area (Å²) in [7, 11) is 0. The number of carboxylic acid groups (broad SMARTS) is 1. The standard InChI is InChI=1S/C16H20O2/c17-15(18)11-16(8-12-4-2-1-3-5-12)9-13-6-7-14(13)10-16/h1-5,13-14H,6-11H2,(H,17,18)/t13-,14+,16?. The van der Waals surface area contributed by atoms with Crippen molar-refractivity contribution in [2.45, 2.75) is 38.5 Å². The second kappa shape index (κ2) is 4.42. The van der Waals surface area contributed by atoms with Crippen LogP contribution in [0.4, 0.5) is 0 Å². The summed E-state index contributed by atoms with van der Waals surface area (Å²) >= 11 is 0. The van der Waals surface area contributed by atoms with Gasteiger partial charge in [-0.25, -0.2) is 0 Å². The van der Waals surface area contributed by atoms with Crippen LogP contribution in [0.2, 0.25) is 0 Å². The summed E-state index contributed by atoms with van der Waals surface area (Å²) in [5.41, 5.74) is 1.32. The Bertz CT molecular complexity index is 426. The predicted molar refractivity (Wildman–Crippen MR) is 70.3 cm³/mol. The van der Waals surface area contributed by atoms with Gasteiger partial charge in [-0.15, -0.1) is 0 Å². The van der Waals surface area contributed by atoms with Crippen molar-refractivity contribution in [2.24, 2.45) is 17.3 Å². The van der Waals surface area contributed by atoms with Crippen molar-refractivity contribution >= 4 is 5.97 Å².